The van der Waals surface area contributed by atoms with Crippen molar-refractivity contribution in [3.05, 3.63) is 66.0 Å². The van der Waals surface area contributed by atoms with Gasteiger partial charge in [-0.3, -0.25) is 4.98 Å². The lowest BCUT2D eigenvalue weighted by Gasteiger charge is -2.39. The Kier molecular flexibility index (Phi) is 7.27. The molecule has 1 aromatic carbocycles. The van der Waals surface area contributed by atoms with E-state index < -0.39 is 11.6 Å². The van der Waals surface area contributed by atoms with Gasteiger partial charge in [-0.2, -0.15) is 0 Å². The maximum Gasteiger partial charge on any atom is 0.343 e. The van der Waals surface area contributed by atoms with Crippen LogP contribution in [0.4, 0.5) is 0 Å². The van der Waals surface area contributed by atoms with Gasteiger partial charge in [0.2, 0.25) is 0 Å². The predicted molar refractivity (Wildman–Crippen MR) is 125 cm³/mol. The monoisotopic (exact) mass is 437 g/mol. The topological polar surface area (TPSA) is 59.4 Å². The SMILES string of the molecule is C[N+]1(CCc2ccncc2)CCCC1COC(=O)C(O)(c1ccccc1)C1CCCCC1. The number of nitrogens with zero attached hydrogens (tertiary/aromatic N) is 2. The van der Waals surface area contributed by atoms with Crippen molar-refractivity contribution in [2.24, 2.45) is 5.92 Å². The molecule has 2 heterocycles. The van der Waals surface area contributed by atoms with Crippen LogP contribution in [-0.2, 0) is 21.6 Å². The Balaban J connectivity index is 1.44. The number of benzene rings is 1. The van der Waals surface area contributed by atoms with E-state index in [2.05, 4.69) is 24.2 Å². The molecule has 1 saturated carbocycles. The molecular weight excluding hydrogens is 400 g/mol. The van der Waals surface area contributed by atoms with Crippen LogP contribution in [0.5, 0.6) is 0 Å². The molecule has 5 nitrogen and oxygen atoms in total. The fraction of sp³-hybridized carbons (Fsp3) is 0.556. The number of aromatic nitrogens is 1. The summed E-state index contributed by atoms with van der Waals surface area (Å²) in [4.78, 5) is 17.5. The summed E-state index contributed by atoms with van der Waals surface area (Å²) < 4.78 is 6.84. The fourth-order valence-electron chi connectivity index (χ4n) is 5.69. The number of quaternary nitrogens is 1. The highest BCUT2D eigenvalue weighted by atomic mass is 16.6. The number of likely N-dealkylation sites (N-methyl/N-ethyl adjacent to an activating group) is 1. The Labute approximate surface area is 192 Å². The summed E-state index contributed by atoms with van der Waals surface area (Å²) in [5, 5.41) is 11.7. The average Bonchev–Trinajstić information content (AvgIpc) is 3.23. The molecule has 5 heteroatoms. The van der Waals surface area contributed by atoms with Gasteiger partial charge < -0.3 is 14.3 Å². The molecule has 4 rings (SSSR count). The lowest BCUT2D eigenvalue weighted by Crippen LogP contribution is -2.52. The number of likely N-dealkylation sites (tertiary alicyclic amines) is 1. The number of hydrogen-bond donors (Lipinski definition) is 1. The van der Waals surface area contributed by atoms with Crippen LogP contribution < -0.4 is 0 Å². The zero-order chi connectivity index (χ0) is 22.4. The van der Waals surface area contributed by atoms with E-state index >= 15 is 0 Å². The van der Waals surface area contributed by atoms with Gasteiger partial charge >= 0.3 is 5.97 Å². The molecule has 1 aromatic heterocycles. The van der Waals surface area contributed by atoms with Crippen LogP contribution in [0.1, 0.15) is 56.1 Å². The van der Waals surface area contributed by atoms with Gasteiger partial charge in [0.15, 0.2) is 5.60 Å². The quantitative estimate of drug-likeness (QED) is 0.496. The first-order chi connectivity index (χ1) is 15.5. The molecule has 1 N–H and O–H groups in total. The second kappa shape index (κ2) is 10.1. The Morgan fingerprint density at radius 3 is 2.50 bits per heavy atom. The van der Waals surface area contributed by atoms with Crippen LogP contribution in [0.2, 0.25) is 0 Å². The van der Waals surface area contributed by atoms with Crippen LogP contribution >= 0.6 is 0 Å². The minimum atomic E-state index is -1.55. The van der Waals surface area contributed by atoms with Crippen LogP contribution in [0.3, 0.4) is 0 Å². The van der Waals surface area contributed by atoms with Gasteiger partial charge in [-0.1, -0.05) is 49.6 Å². The number of pyridine rings is 1. The number of carbonyl (C=O) groups is 1. The van der Waals surface area contributed by atoms with E-state index in [1.165, 1.54) is 12.0 Å². The molecule has 2 fully saturated rings. The number of aliphatic hydroxyl groups is 1. The van der Waals surface area contributed by atoms with E-state index in [0.717, 1.165) is 62.5 Å². The number of rotatable bonds is 8. The minimum Gasteiger partial charge on any atom is -0.457 e. The number of ether oxygens (including phenoxy) is 1. The van der Waals surface area contributed by atoms with Crippen molar-refractivity contribution < 1.29 is 19.1 Å². The van der Waals surface area contributed by atoms with E-state index in [0.29, 0.717) is 12.2 Å². The minimum absolute atomic E-state index is 0.0812. The van der Waals surface area contributed by atoms with Gasteiger partial charge in [-0.05, 0) is 36.1 Å². The maximum absolute atomic E-state index is 13.4. The summed E-state index contributed by atoms with van der Waals surface area (Å²) in [7, 11) is 2.28. The highest BCUT2D eigenvalue weighted by Gasteiger charge is 2.48. The summed E-state index contributed by atoms with van der Waals surface area (Å²) in [6, 6.07) is 13.8. The molecule has 0 radical (unpaired) electrons. The van der Waals surface area contributed by atoms with E-state index in [1.807, 2.05) is 42.7 Å². The zero-order valence-electron chi connectivity index (χ0n) is 19.3. The first kappa shape index (κ1) is 22.9. The first-order valence-electron chi connectivity index (χ1n) is 12.2. The molecule has 1 saturated heterocycles. The summed E-state index contributed by atoms with van der Waals surface area (Å²) in [6.07, 6.45) is 11.9. The number of carbonyl (C=O) groups excluding carboxylic acids is 1. The highest BCUT2D eigenvalue weighted by Crippen LogP contribution is 2.40. The van der Waals surface area contributed by atoms with Gasteiger partial charge in [0.05, 0.1) is 20.1 Å². The number of hydrogen-bond acceptors (Lipinski definition) is 4. The molecule has 3 unspecified atom stereocenters. The van der Waals surface area contributed by atoms with E-state index in [1.54, 1.807) is 0 Å². The molecule has 2 aliphatic rings. The van der Waals surface area contributed by atoms with Gasteiger partial charge in [0, 0.05) is 37.6 Å². The molecule has 0 spiro atoms. The molecule has 1 aliphatic heterocycles. The Hall–Kier alpha value is -2.24. The zero-order valence-corrected chi connectivity index (χ0v) is 19.3. The third-order valence-corrected chi connectivity index (χ3v) is 7.88. The largest absolute Gasteiger partial charge is 0.457 e. The second-order valence-electron chi connectivity index (χ2n) is 9.89. The molecule has 32 heavy (non-hydrogen) atoms. The highest BCUT2D eigenvalue weighted by molar-refractivity contribution is 5.81. The molecule has 1 aliphatic carbocycles. The van der Waals surface area contributed by atoms with Crippen LogP contribution in [-0.4, -0.2) is 53.3 Å². The van der Waals surface area contributed by atoms with Crippen LogP contribution in [0, 0.1) is 5.92 Å². The molecular formula is C27H37N2O3+. The summed E-state index contributed by atoms with van der Waals surface area (Å²) in [6.45, 7) is 2.48. The molecule has 0 amide bonds. The van der Waals surface area contributed by atoms with E-state index in [9.17, 15) is 9.90 Å². The molecule has 172 valence electrons. The van der Waals surface area contributed by atoms with Gasteiger partial charge in [0.25, 0.3) is 0 Å². The smallest absolute Gasteiger partial charge is 0.343 e. The Morgan fingerprint density at radius 2 is 1.78 bits per heavy atom. The number of esters is 1. The summed E-state index contributed by atoms with van der Waals surface area (Å²) >= 11 is 0. The molecule has 3 atom stereocenters. The normalized spacial score (nSPS) is 25.9. The van der Waals surface area contributed by atoms with Crippen molar-refractivity contribution in [2.45, 2.75) is 63.0 Å². The Bertz CT molecular complexity index is 869. The average molecular weight is 438 g/mol. The second-order valence-corrected chi connectivity index (χ2v) is 9.89. The molecule has 0 bridgehead atoms. The standard InChI is InChI=1S/C27H37N2O3/c1-29(20-16-22-14-17-28-18-15-22)19-8-13-25(29)21-32-26(30)27(31,23-9-4-2-5-10-23)24-11-6-3-7-12-24/h2,4-5,9-10,14-15,17-18,24-25,31H,3,6-8,11-13,16,19-21H2,1H3/q+1. The lowest BCUT2D eigenvalue weighted by molar-refractivity contribution is -0.921. The fourth-order valence-corrected chi connectivity index (χ4v) is 5.69. The lowest BCUT2D eigenvalue weighted by atomic mass is 9.73. The third kappa shape index (κ3) is 4.89. The molecule has 2 aromatic rings. The first-order valence-corrected chi connectivity index (χ1v) is 12.2. The Morgan fingerprint density at radius 1 is 1.06 bits per heavy atom. The van der Waals surface area contributed by atoms with Crippen molar-refractivity contribution >= 4 is 5.97 Å². The van der Waals surface area contributed by atoms with Gasteiger partial charge in [-0.15, -0.1) is 0 Å². The van der Waals surface area contributed by atoms with Crippen LogP contribution in [0.25, 0.3) is 0 Å². The summed E-state index contributed by atoms with van der Waals surface area (Å²) in [5.74, 6) is -0.550. The summed E-state index contributed by atoms with van der Waals surface area (Å²) in [5.41, 5.74) is 0.400. The maximum atomic E-state index is 13.4. The van der Waals surface area contributed by atoms with E-state index in [4.69, 9.17) is 4.74 Å². The van der Waals surface area contributed by atoms with E-state index in [-0.39, 0.29) is 12.0 Å². The van der Waals surface area contributed by atoms with Crippen molar-refractivity contribution in [3.63, 3.8) is 0 Å². The van der Waals surface area contributed by atoms with Crippen LogP contribution in [0.15, 0.2) is 54.9 Å². The van der Waals surface area contributed by atoms with Crippen molar-refractivity contribution in [1.29, 1.82) is 0 Å². The van der Waals surface area contributed by atoms with Gasteiger partial charge in [0.1, 0.15) is 12.6 Å². The van der Waals surface area contributed by atoms with Crippen molar-refractivity contribution in [2.75, 3.05) is 26.7 Å². The van der Waals surface area contributed by atoms with Crippen molar-refractivity contribution in [3.8, 4) is 0 Å². The third-order valence-electron chi connectivity index (χ3n) is 7.88. The van der Waals surface area contributed by atoms with Gasteiger partial charge in [-0.25, -0.2) is 4.79 Å². The van der Waals surface area contributed by atoms with Crippen molar-refractivity contribution in [1.82, 2.24) is 4.98 Å². The predicted octanol–water partition coefficient (Wildman–Crippen LogP) is 4.24.